The average molecular weight is 294 g/mol. The second kappa shape index (κ2) is 6.09. The molecular weight excluding hydrogens is 276 g/mol. The Morgan fingerprint density at radius 3 is 2.67 bits per heavy atom. The van der Waals surface area contributed by atoms with Crippen molar-refractivity contribution in [2.45, 2.75) is 19.8 Å². The molecule has 0 aromatic heterocycles. The lowest BCUT2D eigenvalue weighted by molar-refractivity contribution is -0.384. The number of nitrogens with zero attached hydrogens (tertiary/aromatic N) is 1. The van der Waals surface area contributed by atoms with Gasteiger partial charge in [-0.25, -0.2) is 0 Å². The maximum absolute atomic E-state index is 11.5. The summed E-state index contributed by atoms with van der Waals surface area (Å²) in [4.78, 5) is 21.9. The smallest absolute Gasteiger partial charge is 0.311 e. The molecule has 1 heterocycles. The Morgan fingerprint density at radius 1 is 1.43 bits per heavy atom. The van der Waals surface area contributed by atoms with E-state index in [1.165, 1.54) is 12.1 Å². The van der Waals surface area contributed by atoms with Gasteiger partial charge in [0, 0.05) is 37.6 Å². The minimum absolute atomic E-state index is 0.00569. The van der Waals surface area contributed by atoms with Gasteiger partial charge in [0.05, 0.1) is 10.3 Å². The molecule has 0 saturated carbocycles. The molecule has 1 saturated heterocycles. The van der Waals surface area contributed by atoms with Gasteiger partial charge >= 0.3 is 5.97 Å². The number of carboxylic acid groups (broad SMARTS) is 1. The number of non-ortho nitro benzene ring substituents is 1. The van der Waals surface area contributed by atoms with Gasteiger partial charge in [-0.15, -0.1) is 0 Å². The van der Waals surface area contributed by atoms with Crippen molar-refractivity contribution in [3.8, 4) is 0 Å². The number of ether oxygens (including phenoxy) is 1. The first-order chi connectivity index (χ1) is 9.93. The SMILES string of the molecule is Cc1cc(NCC2(C(=O)O)CCOCC2)cc([N+](=O)[O-])c1. The summed E-state index contributed by atoms with van der Waals surface area (Å²) in [7, 11) is 0. The number of hydrogen-bond acceptors (Lipinski definition) is 5. The second-order valence-electron chi connectivity index (χ2n) is 5.37. The summed E-state index contributed by atoms with van der Waals surface area (Å²) >= 11 is 0. The molecule has 1 fully saturated rings. The van der Waals surface area contributed by atoms with E-state index in [4.69, 9.17) is 4.74 Å². The fourth-order valence-electron chi connectivity index (χ4n) is 2.47. The average Bonchev–Trinajstić information content (AvgIpc) is 2.45. The summed E-state index contributed by atoms with van der Waals surface area (Å²) in [6, 6.07) is 4.66. The van der Waals surface area contributed by atoms with Gasteiger partial charge in [0.2, 0.25) is 0 Å². The summed E-state index contributed by atoms with van der Waals surface area (Å²) in [5.74, 6) is -0.861. The summed E-state index contributed by atoms with van der Waals surface area (Å²) < 4.78 is 5.22. The van der Waals surface area contributed by atoms with Crippen molar-refractivity contribution >= 4 is 17.3 Å². The molecule has 1 aromatic carbocycles. The zero-order valence-electron chi connectivity index (χ0n) is 11.8. The monoisotopic (exact) mass is 294 g/mol. The van der Waals surface area contributed by atoms with Gasteiger partial charge < -0.3 is 15.2 Å². The van der Waals surface area contributed by atoms with Gasteiger partial charge in [0.1, 0.15) is 0 Å². The van der Waals surface area contributed by atoms with E-state index in [9.17, 15) is 20.0 Å². The molecule has 2 rings (SSSR count). The predicted molar refractivity (Wildman–Crippen MR) is 76.4 cm³/mol. The third-order valence-corrected chi connectivity index (χ3v) is 3.81. The first-order valence-electron chi connectivity index (χ1n) is 6.74. The normalized spacial score (nSPS) is 17.2. The molecular formula is C14H18N2O5. The van der Waals surface area contributed by atoms with Crippen LogP contribution in [0.1, 0.15) is 18.4 Å². The molecule has 0 amide bonds. The van der Waals surface area contributed by atoms with E-state index in [2.05, 4.69) is 5.32 Å². The number of carbonyl (C=O) groups is 1. The van der Waals surface area contributed by atoms with Gasteiger partial charge in [0.15, 0.2) is 0 Å². The first-order valence-corrected chi connectivity index (χ1v) is 6.74. The Bertz CT molecular complexity index is 552. The number of carboxylic acids is 1. The van der Waals surface area contributed by atoms with Gasteiger partial charge in [-0.2, -0.15) is 0 Å². The molecule has 7 nitrogen and oxygen atoms in total. The van der Waals surface area contributed by atoms with Crippen molar-refractivity contribution in [3.05, 3.63) is 33.9 Å². The van der Waals surface area contributed by atoms with Gasteiger partial charge in [-0.1, -0.05) is 0 Å². The highest BCUT2D eigenvalue weighted by Gasteiger charge is 2.40. The quantitative estimate of drug-likeness (QED) is 0.637. The van der Waals surface area contributed by atoms with E-state index in [-0.39, 0.29) is 12.2 Å². The van der Waals surface area contributed by atoms with Gasteiger partial charge in [-0.3, -0.25) is 14.9 Å². The van der Waals surface area contributed by atoms with Crippen LogP contribution in [-0.4, -0.2) is 35.8 Å². The van der Waals surface area contributed by atoms with Crippen LogP contribution in [0.5, 0.6) is 0 Å². The molecule has 1 aliphatic rings. The van der Waals surface area contributed by atoms with Crippen molar-refractivity contribution in [3.63, 3.8) is 0 Å². The van der Waals surface area contributed by atoms with Crippen LogP contribution in [0, 0.1) is 22.5 Å². The number of aryl methyl sites for hydroxylation is 1. The third kappa shape index (κ3) is 3.49. The predicted octanol–water partition coefficient (Wildman–Crippen LogP) is 2.20. The van der Waals surface area contributed by atoms with Crippen LogP contribution >= 0.6 is 0 Å². The zero-order valence-corrected chi connectivity index (χ0v) is 11.8. The summed E-state index contributed by atoms with van der Waals surface area (Å²) in [6.07, 6.45) is 0.868. The lowest BCUT2D eigenvalue weighted by atomic mass is 9.80. The van der Waals surface area contributed by atoms with E-state index in [1.807, 2.05) is 0 Å². The van der Waals surface area contributed by atoms with Gasteiger partial charge in [-0.05, 0) is 31.4 Å². The molecule has 0 unspecified atom stereocenters. The lowest BCUT2D eigenvalue weighted by Gasteiger charge is -2.33. The minimum Gasteiger partial charge on any atom is -0.481 e. The Morgan fingerprint density at radius 2 is 2.10 bits per heavy atom. The van der Waals surface area contributed by atoms with E-state index >= 15 is 0 Å². The lowest BCUT2D eigenvalue weighted by Crippen LogP contribution is -2.42. The molecule has 0 atom stereocenters. The highest BCUT2D eigenvalue weighted by Crippen LogP contribution is 2.32. The Balaban J connectivity index is 2.14. The molecule has 21 heavy (non-hydrogen) atoms. The third-order valence-electron chi connectivity index (χ3n) is 3.81. The van der Waals surface area contributed by atoms with Crippen LogP contribution in [0.3, 0.4) is 0 Å². The minimum atomic E-state index is -0.878. The number of aliphatic carboxylic acids is 1. The topological polar surface area (TPSA) is 102 Å². The number of rotatable bonds is 5. The maximum Gasteiger partial charge on any atom is 0.311 e. The molecule has 0 bridgehead atoms. The largest absolute Gasteiger partial charge is 0.481 e. The molecule has 2 N–H and O–H groups in total. The Labute approximate surface area is 122 Å². The zero-order chi connectivity index (χ0) is 15.5. The van der Waals surface area contributed by atoms with E-state index < -0.39 is 16.3 Å². The number of nitro benzene ring substituents is 1. The van der Waals surface area contributed by atoms with E-state index in [1.54, 1.807) is 13.0 Å². The van der Waals surface area contributed by atoms with Crippen molar-refractivity contribution in [2.75, 3.05) is 25.1 Å². The molecule has 1 aromatic rings. The van der Waals surface area contributed by atoms with E-state index in [0.29, 0.717) is 31.7 Å². The highest BCUT2D eigenvalue weighted by molar-refractivity contribution is 5.75. The molecule has 1 aliphatic heterocycles. The van der Waals surface area contributed by atoms with Crippen molar-refractivity contribution in [1.82, 2.24) is 0 Å². The van der Waals surface area contributed by atoms with Crippen LogP contribution in [0.25, 0.3) is 0 Å². The van der Waals surface area contributed by atoms with Crippen LogP contribution < -0.4 is 5.32 Å². The number of anilines is 1. The van der Waals surface area contributed by atoms with Crippen LogP contribution in [-0.2, 0) is 9.53 Å². The van der Waals surface area contributed by atoms with Crippen molar-refractivity contribution in [2.24, 2.45) is 5.41 Å². The second-order valence-corrected chi connectivity index (χ2v) is 5.37. The van der Waals surface area contributed by atoms with Crippen molar-refractivity contribution in [1.29, 1.82) is 0 Å². The molecule has 7 heteroatoms. The summed E-state index contributed by atoms with van der Waals surface area (Å²) in [6.45, 7) is 2.83. The Hall–Kier alpha value is -2.15. The van der Waals surface area contributed by atoms with Crippen LogP contribution in [0.4, 0.5) is 11.4 Å². The van der Waals surface area contributed by atoms with Crippen LogP contribution in [0.2, 0.25) is 0 Å². The van der Waals surface area contributed by atoms with Crippen molar-refractivity contribution < 1.29 is 19.6 Å². The summed E-state index contributed by atoms with van der Waals surface area (Å²) in [5.41, 5.74) is 0.433. The number of nitro groups is 1. The number of nitrogens with one attached hydrogen (secondary N) is 1. The number of hydrogen-bond donors (Lipinski definition) is 2. The fraction of sp³-hybridized carbons (Fsp3) is 0.500. The number of benzene rings is 1. The fourth-order valence-corrected chi connectivity index (χ4v) is 2.47. The highest BCUT2D eigenvalue weighted by atomic mass is 16.6. The summed E-state index contributed by atoms with van der Waals surface area (Å²) in [5, 5.41) is 23.3. The van der Waals surface area contributed by atoms with Gasteiger partial charge in [0.25, 0.3) is 5.69 Å². The Kier molecular flexibility index (Phi) is 4.42. The molecule has 114 valence electrons. The molecule has 0 spiro atoms. The molecule has 0 radical (unpaired) electrons. The molecule has 0 aliphatic carbocycles. The first kappa shape index (κ1) is 15.2. The van der Waals surface area contributed by atoms with Crippen LogP contribution in [0.15, 0.2) is 18.2 Å². The standard InChI is InChI=1S/C14H18N2O5/c1-10-6-11(8-12(7-10)16(19)20)15-9-14(13(17)18)2-4-21-5-3-14/h6-8,15H,2-5,9H2,1H3,(H,17,18). The van der Waals surface area contributed by atoms with E-state index in [0.717, 1.165) is 5.56 Å². The maximum atomic E-state index is 11.5.